The van der Waals surface area contributed by atoms with E-state index in [9.17, 15) is 0 Å². The molecule has 0 spiro atoms. The van der Waals surface area contributed by atoms with E-state index in [1.54, 1.807) is 0 Å². The van der Waals surface area contributed by atoms with Crippen LogP contribution >= 0.6 is 0 Å². The van der Waals surface area contributed by atoms with Crippen LogP contribution in [0.1, 0.15) is 12.8 Å². The van der Waals surface area contributed by atoms with Gasteiger partial charge in [0, 0.05) is 13.2 Å². The lowest BCUT2D eigenvalue weighted by molar-refractivity contribution is -0.0194. The van der Waals surface area contributed by atoms with Gasteiger partial charge in [-0.05, 0) is 12.8 Å². The lowest BCUT2D eigenvalue weighted by Crippen LogP contribution is -2.14. The second kappa shape index (κ2) is 46.3. The Morgan fingerprint density at radius 2 is 0.368 bits per heavy atom. The van der Waals surface area contributed by atoms with E-state index in [2.05, 4.69) is 0 Å². The number of unbranched alkanes of at least 4 members (excludes halogenated alkanes) is 1. The number of aliphatic hydroxyl groups excluding tert-OH is 6. The molecule has 0 rings (SSSR count). The second-order valence-corrected chi connectivity index (χ2v) is 6.95. The van der Waals surface area contributed by atoms with Crippen molar-refractivity contribution in [2.24, 2.45) is 0 Å². The van der Waals surface area contributed by atoms with E-state index in [4.69, 9.17) is 68.5 Å². The minimum atomic E-state index is 0.0334. The van der Waals surface area contributed by atoms with Crippen LogP contribution in [-0.2, 0) is 37.9 Å². The van der Waals surface area contributed by atoms with E-state index in [0.29, 0.717) is 106 Å². The fraction of sp³-hybridized carbons (Fsp3) is 1.00. The molecule has 0 saturated carbocycles. The summed E-state index contributed by atoms with van der Waals surface area (Å²) in [5.74, 6) is 0. The molecule has 0 amide bonds. The van der Waals surface area contributed by atoms with Crippen molar-refractivity contribution >= 4 is 0 Å². The highest BCUT2D eigenvalue weighted by Crippen LogP contribution is 1.84. The summed E-state index contributed by atoms with van der Waals surface area (Å²) < 4.78 is 41.0. The van der Waals surface area contributed by atoms with Crippen molar-refractivity contribution in [2.45, 2.75) is 12.8 Å². The number of hydrogen-bond donors (Lipinski definition) is 6. The lowest BCUT2D eigenvalue weighted by Gasteiger charge is -2.07. The zero-order chi connectivity index (χ0) is 28.6. The molecule has 0 radical (unpaired) electrons. The summed E-state index contributed by atoms with van der Waals surface area (Å²) in [6.07, 6.45) is 1.44. The molecule has 0 aliphatic heterocycles. The van der Waals surface area contributed by atoms with Gasteiger partial charge in [-0.1, -0.05) is 0 Å². The molecular formula is C24H54O14. The first-order valence-electron chi connectivity index (χ1n) is 13.0. The Kier molecular flexibility index (Phi) is 51.1. The molecular weight excluding hydrogens is 512 g/mol. The van der Waals surface area contributed by atoms with Crippen LogP contribution in [0.2, 0.25) is 0 Å². The molecule has 0 atom stereocenters. The van der Waals surface area contributed by atoms with Gasteiger partial charge < -0.3 is 68.5 Å². The van der Waals surface area contributed by atoms with E-state index < -0.39 is 0 Å². The van der Waals surface area contributed by atoms with Crippen LogP contribution in [0.3, 0.4) is 0 Å². The van der Waals surface area contributed by atoms with Crippen molar-refractivity contribution in [3.63, 3.8) is 0 Å². The fourth-order valence-electron chi connectivity index (χ4n) is 2.01. The van der Waals surface area contributed by atoms with Crippen LogP contribution in [-0.4, -0.2) is 176 Å². The summed E-state index contributed by atoms with van der Waals surface area (Å²) in [5.41, 5.74) is 0. The van der Waals surface area contributed by atoms with Crippen LogP contribution < -0.4 is 0 Å². The topological polar surface area (TPSA) is 195 Å². The molecule has 38 heavy (non-hydrogen) atoms. The smallest absolute Gasteiger partial charge is 0.0701 e. The molecule has 0 aromatic carbocycles. The standard InChI is InChI=1S/C14H30O8.C6H14O4.C4H10O2/c15-1-3-17-5-7-19-9-11-21-13-14-22-12-10-20-8-6-18-4-2-16;7-1-3-9-5-6-10-4-2-8;5-3-1-2-4-6/h15-16H,1-14H2;7-8H,1-6H2;5-6H,1-4H2. The average Bonchev–Trinajstić information content (AvgIpc) is 2.94. The third-order valence-electron chi connectivity index (χ3n) is 3.74. The molecule has 0 aromatic heterocycles. The van der Waals surface area contributed by atoms with E-state index in [1.807, 2.05) is 0 Å². The molecule has 0 heterocycles. The first kappa shape index (κ1) is 41.9. The maximum atomic E-state index is 8.48. The normalized spacial score (nSPS) is 10.6. The summed E-state index contributed by atoms with van der Waals surface area (Å²) in [7, 11) is 0. The van der Waals surface area contributed by atoms with Crippen LogP contribution in [0.15, 0.2) is 0 Å². The van der Waals surface area contributed by atoms with Gasteiger partial charge in [-0.2, -0.15) is 0 Å². The van der Waals surface area contributed by atoms with Gasteiger partial charge in [0.05, 0.1) is 132 Å². The zero-order valence-corrected chi connectivity index (χ0v) is 22.9. The summed E-state index contributed by atoms with van der Waals surface area (Å²) in [6.45, 7) is 7.93. The van der Waals surface area contributed by atoms with E-state index in [-0.39, 0.29) is 39.6 Å². The summed E-state index contributed by atoms with van der Waals surface area (Å²) in [4.78, 5) is 0. The maximum absolute atomic E-state index is 8.48. The molecule has 0 saturated heterocycles. The van der Waals surface area contributed by atoms with E-state index in [0.717, 1.165) is 12.8 Å². The molecule has 234 valence electrons. The monoisotopic (exact) mass is 566 g/mol. The molecule has 0 unspecified atom stereocenters. The van der Waals surface area contributed by atoms with Gasteiger partial charge in [-0.25, -0.2) is 0 Å². The quantitative estimate of drug-likeness (QED) is 0.0535. The van der Waals surface area contributed by atoms with Crippen molar-refractivity contribution in [1.29, 1.82) is 0 Å². The summed E-state index contributed by atoms with van der Waals surface area (Å²) >= 11 is 0. The summed E-state index contributed by atoms with van der Waals surface area (Å²) in [5, 5.41) is 49.7. The Bertz CT molecular complexity index is 324. The van der Waals surface area contributed by atoms with Crippen molar-refractivity contribution in [3.05, 3.63) is 0 Å². The highest BCUT2D eigenvalue weighted by molar-refractivity contribution is 4.37. The lowest BCUT2D eigenvalue weighted by atomic mass is 10.3. The van der Waals surface area contributed by atoms with Crippen molar-refractivity contribution in [1.82, 2.24) is 0 Å². The number of hydrogen-bond acceptors (Lipinski definition) is 14. The van der Waals surface area contributed by atoms with Gasteiger partial charge in [0.15, 0.2) is 0 Å². The van der Waals surface area contributed by atoms with Gasteiger partial charge in [0.25, 0.3) is 0 Å². The molecule has 0 aliphatic rings. The first-order chi connectivity index (χ1) is 18.7. The van der Waals surface area contributed by atoms with Gasteiger partial charge >= 0.3 is 0 Å². The Balaban J connectivity index is -0.000000627. The van der Waals surface area contributed by atoms with Gasteiger partial charge in [0.2, 0.25) is 0 Å². The number of aliphatic hydroxyl groups is 6. The predicted molar refractivity (Wildman–Crippen MR) is 138 cm³/mol. The van der Waals surface area contributed by atoms with Gasteiger partial charge in [-0.15, -0.1) is 0 Å². The third kappa shape index (κ3) is 52.0. The second-order valence-electron chi connectivity index (χ2n) is 6.95. The van der Waals surface area contributed by atoms with Crippen molar-refractivity contribution in [3.8, 4) is 0 Å². The predicted octanol–water partition coefficient (Wildman–Crippen LogP) is -2.17. The molecule has 6 N–H and O–H groups in total. The van der Waals surface area contributed by atoms with Crippen molar-refractivity contribution in [2.75, 3.05) is 145 Å². The van der Waals surface area contributed by atoms with E-state index >= 15 is 0 Å². The largest absolute Gasteiger partial charge is 0.396 e. The third-order valence-corrected chi connectivity index (χ3v) is 3.74. The first-order valence-corrected chi connectivity index (χ1v) is 13.0. The van der Waals surface area contributed by atoms with Crippen LogP contribution in [0.4, 0.5) is 0 Å². The molecule has 14 nitrogen and oxygen atoms in total. The summed E-state index contributed by atoms with van der Waals surface area (Å²) in [6, 6.07) is 0. The maximum Gasteiger partial charge on any atom is 0.0701 e. The SMILES string of the molecule is OCCCCO.OCCOCCOCCO.OCCOCCOCCOCCOCCOCCOCCO. The highest BCUT2D eigenvalue weighted by Gasteiger charge is 1.94. The van der Waals surface area contributed by atoms with Crippen LogP contribution in [0, 0.1) is 0 Å². The Hall–Kier alpha value is -0.560. The molecule has 0 aromatic rings. The minimum Gasteiger partial charge on any atom is -0.396 e. The highest BCUT2D eigenvalue weighted by atomic mass is 16.6. The van der Waals surface area contributed by atoms with Crippen LogP contribution in [0.25, 0.3) is 0 Å². The fourth-order valence-corrected chi connectivity index (χ4v) is 2.01. The molecule has 0 fully saturated rings. The zero-order valence-electron chi connectivity index (χ0n) is 22.9. The molecule has 14 heteroatoms. The molecule has 0 bridgehead atoms. The average molecular weight is 567 g/mol. The van der Waals surface area contributed by atoms with Gasteiger partial charge in [0.1, 0.15) is 0 Å². The minimum absolute atomic E-state index is 0.0334. The van der Waals surface area contributed by atoms with E-state index in [1.165, 1.54) is 0 Å². The number of ether oxygens (including phenoxy) is 8. The van der Waals surface area contributed by atoms with Crippen molar-refractivity contribution < 1.29 is 68.5 Å². The van der Waals surface area contributed by atoms with Crippen LogP contribution in [0.5, 0.6) is 0 Å². The Labute approximate surface area is 227 Å². The Morgan fingerprint density at radius 3 is 0.500 bits per heavy atom. The molecule has 0 aliphatic carbocycles. The van der Waals surface area contributed by atoms with Gasteiger partial charge in [-0.3, -0.25) is 0 Å². The number of rotatable bonds is 29. The Morgan fingerprint density at radius 1 is 0.211 bits per heavy atom.